The van der Waals surface area contributed by atoms with Crippen molar-refractivity contribution in [2.45, 2.75) is 65.2 Å². The number of Topliss-reactive ketones (excluding diaryl/α,β-unsaturated/α-hetero) is 1. The first kappa shape index (κ1) is 32.0. The molecule has 2 aliphatic rings. The van der Waals surface area contributed by atoms with Gasteiger partial charge in [0, 0.05) is 34.2 Å². The summed E-state index contributed by atoms with van der Waals surface area (Å²) in [6.07, 6.45) is 0.260. The number of rotatable bonds is 6. The van der Waals surface area contributed by atoms with Crippen LogP contribution < -0.4 is 0 Å². The lowest BCUT2D eigenvalue weighted by Gasteiger charge is -2.48. The smallest absolute Gasteiger partial charge is 0.182 e. The third-order valence-corrected chi connectivity index (χ3v) is 15.0. The zero-order chi connectivity index (χ0) is 32.1. The number of halogens is 2. The summed E-state index contributed by atoms with van der Waals surface area (Å²) in [7, 11) is -7.86. The van der Waals surface area contributed by atoms with E-state index < -0.39 is 53.8 Å². The van der Waals surface area contributed by atoms with Crippen LogP contribution in [0.2, 0.25) is 10.0 Å². The molecule has 0 heterocycles. The van der Waals surface area contributed by atoms with Crippen LogP contribution >= 0.6 is 23.2 Å². The average molecular weight is 682 g/mol. The summed E-state index contributed by atoms with van der Waals surface area (Å²) in [6.45, 7) is 3.66. The third kappa shape index (κ3) is 6.00. The van der Waals surface area contributed by atoms with E-state index in [1.165, 1.54) is 0 Å². The van der Waals surface area contributed by atoms with E-state index >= 15 is 0 Å². The van der Waals surface area contributed by atoms with E-state index in [0.29, 0.717) is 15.6 Å². The van der Waals surface area contributed by atoms with Crippen molar-refractivity contribution in [1.82, 2.24) is 0 Å². The normalized spacial score (nSPS) is 25.5. The highest BCUT2D eigenvalue weighted by atomic mass is 35.5. The first-order chi connectivity index (χ1) is 21.4. The van der Waals surface area contributed by atoms with Crippen LogP contribution in [-0.4, -0.2) is 33.1 Å². The predicted molar refractivity (Wildman–Crippen MR) is 179 cm³/mol. The standard InChI is InChI=1S/C36H34Cl2O5S2/c1-22-7-17-28(18-8-22)44(40,41)36-30(25-11-15-27(38)16-12-25)20-33(39)31-21-35(45(42,43)34-6-4-3-5-23(34)2)29(19-32(31)36)24-9-13-26(37)14-10-24/h3-18,29-32,35-36H,19-21H2,1-2H3/t29?,30?,31-,32+,35?,36?/m1/s1. The molecule has 9 heteroatoms. The molecule has 0 spiro atoms. The Kier molecular flexibility index (Phi) is 8.76. The minimum absolute atomic E-state index is 0.00129. The van der Waals surface area contributed by atoms with E-state index in [-0.39, 0.29) is 34.8 Å². The van der Waals surface area contributed by atoms with E-state index in [0.717, 1.165) is 16.7 Å². The number of aryl methyl sites for hydroxylation is 2. The fourth-order valence-electron chi connectivity index (χ4n) is 7.51. The summed E-state index contributed by atoms with van der Waals surface area (Å²) < 4.78 is 58.2. The summed E-state index contributed by atoms with van der Waals surface area (Å²) in [5.74, 6) is -2.61. The first-order valence-corrected chi connectivity index (χ1v) is 18.9. The summed E-state index contributed by atoms with van der Waals surface area (Å²) in [5, 5.41) is -0.830. The highest BCUT2D eigenvalue weighted by molar-refractivity contribution is 7.92. The number of hydrogen-bond donors (Lipinski definition) is 0. The van der Waals surface area contributed by atoms with Crippen LogP contribution in [0.1, 0.15) is 53.4 Å². The number of sulfone groups is 2. The summed E-state index contributed by atoms with van der Waals surface area (Å²) in [6, 6.07) is 27.8. The van der Waals surface area contributed by atoms with Crippen molar-refractivity contribution in [2.75, 3.05) is 0 Å². The first-order valence-electron chi connectivity index (χ1n) is 15.0. The van der Waals surface area contributed by atoms with Crippen molar-refractivity contribution in [1.29, 1.82) is 0 Å². The van der Waals surface area contributed by atoms with Gasteiger partial charge in [-0.2, -0.15) is 0 Å². The molecule has 0 aliphatic heterocycles. The second-order valence-electron chi connectivity index (χ2n) is 12.4. The summed E-state index contributed by atoms with van der Waals surface area (Å²) >= 11 is 12.4. The maximum Gasteiger partial charge on any atom is 0.182 e. The van der Waals surface area contributed by atoms with Gasteiger partial charge in [-0.3, -0.25) is 4.79 Å². The average Bonchev–Trinajstić information content (AvgIpc) is 3.01. The molecular weight excluding hydrogens is 647 g/mol. The van der Waals surface area contributed by atoms with Gasteiger partial charge >= 0.3 is 0 Å². The largest absolute Gasteiger partial charge is 0.299 e. The molecule has 0 radical (unpaired) electrons. The molecule has 2 aliphatic carbocycles. The van der Waals surface area contributed by atoms with E-state index in [9.17, 15) is 21.6 Å². The molecule has 0 N–H and O–H groups in total. The number of carbonyl (C=O) groups excluding carboxylic acids is 1. The van der Waals surface area contributed by atoms with Gasteiger partial charge in [0.15, 0.2) is 19.7 Å². The number of hydrogen-bond acceptors (Lipinski definition) is 5. The van der Waals surface area contributed by atoms with Gasteiger partial charge in [0.05, 0.1) is 20.3 Å². The van der Waals surface area contributed by atoms with Crippen molar-refractivity contribution in [3.8, 4) is 0 Å². The highest BCUT2D eigenvalue weighted by Gasteiger charge is 2.56. The molecule has 0 aromatic heterocycles. The summed E-state index contributed by atoms with van der Waals surface area (Å²) in [4.78, 5) is 14.5. The van der Waals surface area contributed by atoms with Crippen molar-refractivity contribution in [3.63, 3.8) is 0 Å². The van der Waals surface area contributed by atoms with Crippen LogP contribution in [0.5, 0.6) is 0 Å². The zero-order valence-corrected chi connectivity index (χ0v) is 28.1. The van der Waals surface area contributed by atoms with Gasteiger partial charge in [-0.1, -0.05) is 83.4 Å². The van der Waals surface area contributed by atoms with E-state index in [2.05, 4.69) is 0 Å². The fraction of sp³-hybridized carbons (Fsp3) is 0.306. The molecule has 4 aromatic carbocycles. The number of benzene rings is 4. The molecule has 5 nitrogen and oxygen atoms in total. The van der Waals surface area contributed by atoms with Crippen LogP contribution in [0.25, 0.3) is 0 Å². The number of ketones is 1. The van der Waals surface area contributed by atoms with Crippen LogP contribution in [0.3, 0.4) is 0 Å². The second-order valence-corrected chi connectivity index (χ2v) is 17.5. The lowest BCUT2D eigenvalue weighted by atomic mass is 9.62. The molecule has 2 saturated carbocycles. The molecule has 2 fully saturated rings. The van der Waals surface area contributed by atoms with Crippen molar-refractivity contribution in [3.05, 3.63) is 129 Å². The lowest BCUT2D eigenvalue weighted by Crippen LogP contribution is -2.53. The quantitative estimate of drug-likeness (QED) is 0.205. The lowest BCUT2D eigenvalue weighted by molar-refractivity contribution is -0.128. The van der Waals surface area contributed by atoms with Crippen LogP contribution in [0.15, 0.2) is 107 Å². The minimum Gasteiger partial charge on any atom is -0.299 e. The van der Waals surface area contributed by atoms with Crippen LogP contribution in [-0.2, 0) is 24.5 Å². The van der Waals surface area contributed by atoms with E-state index in [1.54, 1.807) is 91.9 Å². The van der Waals surface area contributed by atoms with E-state index in [4.69, 9.17) is 23.2 Å². The van der Waals surface area contributed by atoms with Gasteiger partial charge in [-0.15, -0.1) is 0 Å². The van der Waals surface area contributed by atoms with E-state index in [1.807, 2.05) is 19.1 Å². The Labute approximate surface area is 275 Å². The van der Waals surface area contributed by atoms with Gasteiger partial charge < -0.3 is 0 Å². The van der Waals surface area contributed by atoms with Crippen molar-refractivity contribution < 1.29 is 21.6 Å². The molecule has 4 unspecified atom stereocenters. The zero-order valence-electron chi connectivity index (χ0n) is 24.9. The molecule has 6 atom stereocenters. The number of carbonyl (C=O) groups is 1. The monoisotopic (exact) mass is 680 g/mol. The van der Waals surface area contributed by atoms with Gasteiger partial charge in [0.2, 0.25) is 0 Å². The molecule has 0 amide bonds. The molecular formula is C36H34Cl2O5S2. The second kappa shape index (κ2) is 12.3. The fourth-order valence-corrected chi connectivity index (χ4v) is 12.3. The molecule has 45 heavy (non-hydrogen) atoms. The predicted octanol–water partition coefficient (Wildman–Crippen LogP) is 8.16. The van der Waals surface area contributed by atoms with Gasteiger partial charge in [0.25, 0.3) is 0 Å². The Hall–Kier alpha value is -2.97. The van der Waals surface area contributed by atoms with Crippen LogP contribution in [0, 0.1) is 25.7 Å². The summed E-state index contributed by atoms with van der Waals surface area (Å²) in [5.41, 5.74) is 3.05. The Balaban J connectivity index is 1.52. The minimum atomic E-state index is -3.96. The highest BCUT2D eigenvalue weighted by Crippen LogP contribution is 2.54. The topological polar surface area (TPSA) is 85.3 Å². The van der Waals surface area contributed by atoms with Crippen molar-refractivity contribution >= 4 is 48.7 Å². The van der Waals surface area contributed by atoms with Gasteiger partial charge in [0.1, 0.15) is 5.78 Å². The Morgan fingerprint density at radius 1 is 0.622 bits per heavy atom. The Morgan fingerprint density at radius 3 is 1.76 bits per heavy atom. The van der Waals surface area contributed by atoms with Crippen LogP contribution in [0.4, 0.5) is 0 Å². The number of fused-ring (bicyclic) bond motifs is 1. The SMILES string of the molecule is Cc1ccc(S(=O)(=O)C2C(c3ccc(Cl)cc3)CC(=O)[C@@H]3CC(S(=O)(=O)c4ccccc4C)C(c4ccc(Cl)cc4)C[C@H]23)cc1. The van der Waals surface area contributed by atoms with Gasteiger partial charge in [-0.25, -0.2) is 16.8 Å². The van der Waals surface area contributed by atoms with Gasteiger partial charge in [-0.05, 0) is 91.8 Å². The maximum atomic E-state index is 14.7. The molecule has 4 aromatic rings. The Morgan fingerprint density at radius 2 is 1.18 bits per heavy atom. The molecule has 234 valence electrons. The van der Waals surface area contributed by atoms with Crippen molar-refractivity contribution in [2.24, 2.45) is 11.8 Å². The third-order valence-electron chi connectivity index (χ3n) is 9.73. The molecule has 0 bridgehead atoms. The molecule has 6 rings (SSSR count). The Bertz CT molecular complexity index is 1940. The maximum absolute atomic E-state index is 14.7. The molecule has 0 saturated heterocycles.